The topological polar surface area (TPSA) is 59.1 Å². The van der Waals surface area contributed by atoms with Crippen LogP contribution in [0.15, 0.2) is 52.7 Å². The first-order valence-corrected chi connectivity index (χ1v) is 10.5. The Hall–Kier alpha value is -2.09. The summed E-state index contributed by atoms with van der Waals surface area (Å²) in [6.45, 7) is 3.91. The minimum Gasteiger partial charge on any atom is -0.241 e. The first kappa shape index (κ1) is 18.7. The van der Waals surface area contributed by atoms with Crippen LogP contribution >= 0.6 is 11.3 Å². The standard InChI is InChI=1S/C19H19FN2O2S2/c1-13-3-6-15(7-4-13)19-22-16(12-25-19)9-10-21-26(23,24)18-11-14(2)5-8-17(18)20/h3-8,11-12,21H,9-10H2,1-2H3. The predicted octanol–water partition coefficient (Wildman–Crippen LogP) is 4.09. The lowest BCUT2D eigenvalue weighted by molar-refractivity contribution is 0.556. The molecule has 0 spiro atoms. The van der Waals surface area contributed by atoms with E-state index in [-0.39, 0.29) is 11.4 Å². The highest BCUT2D eigenvalue weighted by Crippen LogP contribution is 2.24. The maximum atomic E-state index is 13.8. The molecule has 0 amide bonds. The summed E-state index contributed by atoms with van der Waals surface area (Å²) in [6.07, 6.45) is 0.440. The van der Waals surface area contributed by atoms with Crippen LogP contribution in [-0.2, 0) is 16.4 Å². The third-order valence-electron chi connectivity index (χ3n) is 3.90. The highest BCUT2D eigenvalue weighted by Gasteiger charge is 2.18. The molecule has 3 rings (SSSR count). The van der Waals surface area contributed by atoms with E-state index in [2.05, 4.69) is 9.71 Å². The molecule has 3 aromatic rings. The molecule has 0 aliphatic carbocycles. The van der Waals surface area contributed by atoms with Crippen molar-refractivity contribution < 1.29 is 12.8 Å². The van der Waals surface area contributed by atoms with Crippen molar-refractivity contribution >= 4 is 21.4 Å². The van der Waals surface area contributed by atoms with Gasteiger partial charge in [0.05, 0.1) is 5.69 Å². The van der Waals surface area contributed by atoms with Crippen molar-refractivity contribution in [3.8, 4) is 10.6 Å². The zero-order valence-electron chi connectivity index (χ0n) is 14.5. The fraction of sp³-hybridized carbons (Fsp3) is 0.211. The second-order valence-electron chi connectivity index (χ2n) is 6.09. The van der Waals surface area contributed by atoms with Crippen molar-refractivity contribution in [1.29, 1.82) is 0 Å². The molecule has 136 valence electrons. The number of nitrogens with zero attached hydrogens (tertiary/aromatic N) is 1. The number of thiazole rings is 1. The van der Waals surface area contributed by atoms with E-state index < -0.39 is 15.8 Å². The second-order valence-corrected chi connectivity index (χ2v) is 8.69. The van der Waals surface area contributed by atoms with E-state index in [4.69, 9.17) is 0 Å². The molecule has 26 heavy (non-hydrogen) atoms. The molecule has 1 heterocycles. The van der Waals surface area contributed by atoms with Gasteiger partial charge in [-0.2, -0.15) is 0 Å². The van der Waals surface area contributed by atoms with Crippen molar-refractivity contribution in [1.82, 2.24) is 9.71 Å². The summed E-state index contributed by atoms with van der Waals surface area (Å²) < 4.78 is 40.8. The van der Waals surface area contributed by atoms with E-state index in [9.17, 15) is 12.8 Å². The van der Waals surface area contributed by atoms with Crippen LogP contribution in [0.2, 0.25) is 0 Å². The molecule has 4 nitrogen and oxygen atoms in total. The number of benzene rings is 2. The Labute approximate surface area is 156 Å². The van der Waals surface area contributed by atoms with Gasteiger partial charge in [-0.3, -0.25) is 0 Å². The smallest absolute Gasteiger partial charge is 0.241 e. The normalized spacial score (nSPS) is 11.7. The van der Waals surface area contributed by atoms with Gasteiger partial charge in [-0.25, -0.2) is 22.5 Å². The van der Waals surface area contributed by atoms with E-state index in [0.717, 1.165) is 22.3 Å². The van der Waals surface area contributed by atoms with Crippen LogP contribution in [0.5, 0.6) is 0 Å². The zero-order chi connectivity index (χ0) is 18.7. The summed E-state index contributed by atoms with van der Waals surface area (Å²) in [5.41, 5.74) is 3.71. The summed E-state index contributed by atoms with van der Waals surface area (Å²) in [5.74, 6) is -0.751. The lowest BCUT2D eigenvalue weighted by Crippen LogP contribution is -2.27. The van der Waals surface area contributed by atoms with E-state index in [1.54, 1.807) is 6.92 Å². The quantitative estimate of drug-likeness (QED) is 0.690. The second kappa shape index (κ2) is 7.65. The molecule has 0 aliphatic rings. The molecule has 0 saturated carbocycles. The summed E-state index contributed by atoms with van der Waals surface area (Å²) in [7, 11) is -3.88. The van der Waals surface area contributed by atoms with Gasteiger partial charge in [-0.15, -0.1) is 11.3 Å². The lowest BCUT2D eigenvalue weighted by Gasteiger charge is -2.07. The Kier molecular flexibility index (Phi) is 5.50. The van der Waals surface area contributed by atoms with E-state index >= 15 is 0 Å². The van der Waals surface area contributed by atoms with Gasteiger partial charge in [0.2, 0.25) is 10.0 Å². The van der Waals surface area contributed by atoms with Crippen molar-refractivity contribution in [3.63, 3.8) is 0 Å². The van der Waals surface area contributed by atoms with Crippen molar-refractivity contribution in [3.05, 3.63) is 70.5 Å². The van der Waals surface area contributed by atoms with Crippen molar-refractivity contribution in [2.75, 3.05) is 6.54 Å². The fourth-order valence-electron chi connectivity index (χ4n) is 2.46. The van der Waals surface area contributed by atoms with E-state index in [1.807, 2.05) is 36.6 Å². The van der Waals surface area contributed by atoms with Gasteiger partial charge >= 0.3 is 0 Å². The summed E-state index contributed by atoms with van der Waals surface area (Å²) in [5, 5.41) is 2.81. The van der Waals surface area contributed by atoms with Gasteiger partial charge in [-0.05, 0) is 31.5 Å². The highest BCUT2D eigenvalue weighted by molar-refractivity contribution is 7.89. The summed E-state index contributed by atoms with van der Waals surface area (Å²) in [4.78, 5) is 4.22. The Morgan fingerprint density at radius 1 is 1.08 bits per heavy atom. The minimum atomic E-state index is -3.88. The predicted molar refractivity (Wildman–Crippen MR) is 102 cm³/mol. The average Bonchev–Trinajstić information content (AvgIpc) is 3.06. The minimum absolute atomic E-state index is 0.160. The Balaban J connectivity index is 1.65. The molecule has 0 aliphatic heterocycles. The number of nitrogens with one attached hydrogen (secondary N) is 1. The molecule has 2 aromatic carbocycles. The fourth-order valence-corrected chi connectivity index (χ4v) is 4.51. The summed E-state index contributed by atoms with van der Waals surface area (Å²) >= 11 is 1.52. The van der Waals surface area contributed by atoms with Crippen molar-refractivity contribution in [2.45, 2.75) is 25.2 Å². The maximum Gasteiger partial charge on any atom is 0.243 e. The summed E-state index contributed by atoms with van der Waals surface area (Å²) in [6, 6.07) is 12.1. The Bertz CT molecular complexity index is 1010. The SMILES string of the molecule is Cc1ccc(-c2nc(CCNS(=O)(=O)c3cc(C)ccc3F)cs2)cc1. The molecule has 0 unspecified atom stereocenters. The van der Waals surface area contributed by atoms with Gasteiger partial charge in [0.25, 0.3) is 0 Å². The molecular weight excluding hydrogens is 371 g/mol. The van der Waals surface area contributed by atoms with E-state index in [0.29, 0.717) is 12.0 Å². The van der Waals surface area contributed by atoms with Gasteiger partial charge in [0.1, 0.15) is 15.7 Å². The van der Waals surface area contributed by atoms with E-state index in [1.165, 1.54) is 29.0 Å². The van der Waals surface area contributed by atoms with Crippen LogP contribution in [0.25, 0.3) is 10.6 Å². The van der Waals surface area contributed by atoms with Crippen LogP contribution < -0.4 is 4.72 Å². The number of sulfonamides is 1. The monoisotopic (exact) mass is 390 g/mol. The Morgan fingerprint density at radius 2 is 1.77 bits per heavy atom. The number of halogens is 1. The number of hydrogen-bond acceptors (Lipinski definition) is 4. The third kappa shape index (κ3) is 4.35. The highest BCUT2D eigenvalue weighted by atomic mass is 32.2. The first-order valence-electron chi connectivity index (χ1n) is 8.12. The molecular formula is C19H19FN2O2S2. The third-order valence-corrected chi connectivity index (χ3v) is 6.32. The number of hydrogen-bond donors (Lipinski definition) is 1. The van der Waals surface area contributed by atoms with Crippen LogP contribution in [0.1, 0.15) is 16.8 Å². The Morgan fingerprint density at radius 3 is 2.50 bits per heavy atom. The molecule has 1 aromatic heterocycles. The van der Waals surface area contributed by atoms with Crippen LogP contribution in [0, 0.1) is 19.7 Å². The van der Waals surface area contributed by atoms with Gasteiger partial charge in [0, 0.05) is 23.9 Å². The number of aromatic nitrogens is 1. The van der Waals surface area contributed by atoms with Crippen LogP contribution in [0.3, 0.4) is 0 Å². The lowest BCUT2D eigenvalue weighted by atomic mass is 10.2. The van der Waals surface area contributed by atoms with Gasteiger partial charge in [-0.1, -0.05) is 35.9 Å². The molecule has 0 fully saturated rings. The average molecular weight is 391 g/mol. The van der Waals surface area contributed by atoms with Gasteiger partial charge < -0.3 is 0 Å². The van der Waals surface area contributed by atoms with Crippen molar-refractivity contribution in [2.24, 2.45) is 0 Å². The van der Waals surface area contributed by atoms with Crippen LogP contribution in [0.4, 0.5) is 4.39 Å². The molecule has 0 saturated heterocycles. The molecule has 0 atom stereocenters. The van der Waals surface area contributed by atoms with Crippen LogP contribution in [-0.4, -0.2) is 19.9 Å². The number of aryl methyl sites for hydroxylation is 2. The van der Waals surface area contributed by atoms with Gasteiger partial charge in [0.15, 0.2) is 0 Å². The number of rotatable bonds is 6. The maximum absolute atomic E-state index is 13.8. The largest absolute Gasteiger partial charge is 0.243 e. The first-order chi connectivity index (χ1) is 12.3. The zero-order valence-corrected chi connectivity index (χ0v) is 16.1. The molecule has 0 bridgehead atoms. The molecule has 7 heteroatoms. The molecule has 1 N–H and O–H groups in total. The molecule has 0 radical (unpaired) electrons.